The van der Waals surface area contributed by atoms with Crippen molar-refractivity contribution in [1.82, 2.24) is 5.16 Å². The molecule has 0 fully saturated rings. The zero-order chi connectivity index (χ0) is 18.9. The van der Waals surface area contributed by atoms with Crippen LogP contribution < -0.4 is 4.74 Å². The van der Waals surface area contributed by atoms with E-state index < -0.39 is 0 Å². The molecule has 136 valence electrons. The Labute approximate surface area is 176 Å². The van der Waals surface area contributed by atoms with Crippen LogP contribution in [0.4, 0.5) is 0 Å². The van der Waals surface area contributed by atoms with Crippen molar-refractivity contribution in [3.63, 3.8) is 0 Å². The minimum absolute atomic E-state index is 0.346. The largest absolute Gasteiger partial charge is 0.486 e. The summed E-state index contributed by atoms with van der Waals surface area (Å²) in [5, 5.41) is 9.13. The Morgan fingerprint density at radius 1 is 0.786 bits per heavy atom. The molecule has 0 saturated carbocycles. The number of ether oxygens (including phenoxy) is 1. The van der Waals surface area contributed by atoms with Gasteiger partial charge in [0.15, 0.2) is 5.76 Å². The van der Waals surface area contributed by atoms with Crippen LogP contribution >= 0.6 is 22.6 Å². The highest BCUT2D eigenvalue weighted by Gasteiger charge is 2.13. The van der Waals surface area contributed by atoms with Crippen LogP contribution in [-0.2, 0) is 6.61 Å². The van der Waals surface area contributed by atoms with E-state index in [0.717, 1.165) is 17.0 Å². The van der Waals surface area contributed by atoms with Crippen molar-refractivity contribution < 1.29 is 9.26 Å². The Hall–Kier alpha value is -2.86. The lowest BCUT2D eigenvalue weighted by atomic mass is 9.96. The van der Waals surface area contributed by atoms with E-state index in [4.69, 9.17) is 9.26 Å². The first-order valence-electron chi connectivity index (χ1n) is 9.03. The molecule has 0 radical (unpaired) electrons. The Balaban J connectivity index is 1.51. The van der Waals surface area contributed by atoms with Crippen LogP contribution in [0.1, 0.15) is 5.76 Å². The second-order valence-corrected chi connectivity index (χ2v) is 7.86. The smallest absolute Gasteiger partial charge is 0.174 e. The summed E-state index contributed by atoms with van der Waals surface area (Å²) < 4.78 is 12.5. The molecule has 0 spiro atoms. The predicted molar refractivity (Wildman–Crippen MR) is 120 cm³/mol. The van der Waals surface area contributed by atoms with Crippen LogP contribution in [0.3, 0.4) is 0 Å². The van der Waals surface area contributed by atoms with Crippen LogP contribution in [0.2, 0.25) is 0 Å². The summed E-state index contributed by atoms with van der Waals surface area (Å²) in [5.74, 6) is 1.51. The van der Waals surface area contributed by atoms with Crippen LogP contribution in [0, 0.1) is 3.57 Å². The average molecular weight is 477 g/mol. The minimum atomic E-state index is 0.346. The minimum Gasteiger partial charge on any atom is -0.486 e. The van der Waals surface area contributed by atoms with Gasteiger partial charge in [-0.2, -0.15) is 0 Å². The number of halogens is 1. The van der Waals surface area contributed by atoms with Crippen molar-refractivity contribution in [3.8, 4) is 17.0 Å². The summed E-state index contributed by atoms with van der Waals surface area (Å²) in [4.78, 5) is 0. The molecule has 4 heteroatoms. The van der Waals surface area contributed by atoms with E-state index in [1.807, 2.05) is 30.3 Å². The van der Waals surface area contributed by atoms with Gasteiger partial charge in [0.1, 0.15) is 18.1 Å². The molecule has 0 saturated heterocycles. The molecular formula is C24H16INO2. The monoisotopic (exact) mass is 477 g/mol. The van der Waals surface area contributed by atoms with Crippen molar-refractivity contribution in [2.24, 2.45) is 0 Å². The Bertz CT molecular complexity index is 1280. The number of hydrogen-bond acceptors (Lipinski definition) is 3. The van der Waals surface area contributed by atoms with E-state index in [2.05, 4.69) is 82.3 Å². The maximum absolute atomic E-state index is 5.82. The highest BCUT2D eigenvalue weighted by Crippen LogP contribution is 2.34. The molecule has 0 aliphatic heterocycles. The van der Waals surface area contributed by atoms with Gasteiger partial charge in [0.05, 0.1) is 0 Å². The second-order valence-electron chi connectivity index (χ2n) is 6.61. The molecule has 5 aromatic rings. The number of aromatic nitrogens is 1. The highest BCUT2D eigenvalue weighted by atomic mass is 127. The van der Waals surface area contributed by atoms with Gasteiger partial charge in [-0.1, -0.05) is 53.7 Å². The Morgan fingerprint density at radius 3 is 2.32 bits per heavy atom. The van der Waals surface area contributed by atoms with E-state index in [1.54, 1.807) is 0 Å². The van der Waals surface area contributed by atoms with Crippen molar-refractivity contribution in [2.75, 3.05) is 0 Å². The molecule has 0 atom stereocenters. The first kappa shape index (κ1) is 17.3. The molecule has 0 unspecified atom stereocenters. The zero-order valence-corrected chi connectivity index (χ0v) is 17.1. The van der Waals surface area contributed by atoms with E-state index in [0.29, 0.717) is 12.4 Å². The third kappa shape index (κ3) is 3.24. The lowest BCUT2D eigenvalue weighted by molar-refractivity contribution is 0.249. The summed E-state index contributed by atoms with van der Waals surface area (Å²) in [6.07, 6.45) is 0. The molecule has 0 aliphatic carbocycles. The normalized spacial score (nSPS) is 11.2. The molecule has 1 aromatic heterocycles. The molecule has 0 N–H and O–H groups in total. The Morgan fingerprint density at radius 2 is 1.50 bits per heavy atom. The van der Waals surface area contributed by atoms with Gasteiger partial charge in [0.25, 0.3) is 0 Å². The van der Waals surface area contributed by atoms with Gasteiger partial charge in [-0.05, 0) is 74.5 Å². The van der Waals surface area contributed by atoms with Gasteiger partial charge in [0, 0.05) is 15.2 Å². The van der Waals surface area contributed by atoms with Crippen LogP contribution in [0.25, 0.3) is 32.8 Å². The molecule has 0 aliphatic rings. The molecule has 3 nitrogen and oxygen atoms in total. The summed E-state index contributed by atoms with van der Waals surface area (Å²) in [6.45, 7) is 0.346. The fourth-order valence-corrected chi connectivity index (χ4v) is 3.82. The van der Waals surface area contributed by atoms with E-state index in [-0.39, 0.29) is 0 Å². The van der Waals surface area contributed by atoms with Crippen LogP contribution in [0.15, 0.2) is 89.5 Å². The number of benzene rings is 4. The number of rotatable bonds is 4. The van der Waals surface area contributed by atoms with Gasteiger partial charge in [-0.3, -0.25) is 0 Å². The summed E-state index contributed by atoms with van der Waals surface area (Å²) in [5.41, 5.74) is 1.89. The lowest BCUT2D eigenvalue weighted by Crippen LogP contribution is -1.93. The summed E-state index contributed by atoms with van der Waals surface area (Å²) >= 11 is 2.27. The quantitative estimate of drug-likeness (QED) is 0.210. The molecule has 1 heterocycles. The van der Waals surface area contributed by atoms with Crippen molar-refractivity contribution in [1.29, 1.82) is 0 Å². The van der Waals surface area contributed by atoms with Gasteiger partial charge in [0.2, 0.25) is 0 Å². The topological polar surface area (TPSA) is 35.3 Å². The molecule has 5 rings (SSSR count). The first-order valence-corrected chi connectivity index (χ1v) is 10.1. The predicted octanol–water partition coefficient (Wildman–Crippen LogP) is 6.83. The van der Waals surface area contributed by atoms with Gasteiger partial charge in [-0.25, -0.2) is 0 Å². The molecule has 0 amide bonds. The fourth-order valence-electron chi connectivity index (χ4n) is 3.46. The lowest BCUT2D eigenvalue weighted by Gasteiger charge is -2.08. The zero-order valence-electron chi connectivity index (χ0n) is 14.9. The average Bonchev–Trinajstić information content (AvgIpc) is 3.22. The van der Waals surface area contributed by atoms with Crippen molar-refractivity contribution >= 4 is 44.1 Å². The van der Waals surface area contributed by atoms with Gasteiger partial charge in [-0.15, -0.1) is 0 Å². The number of nitrogens with zero attached hydrogens (tertiary/aromatic N) is 1. The summed E-state index contributed by atoms with van der Waals surface area (Å²) in [6, 6.07) is 28.9. The fraction of sp³-hybridized carbons (Fsp3) is 0.0417. The second kappa shape index (κ2) is 7.28. The molecular weight excluding hydrogens is 461 g/mol. The third-order valence-electron chi connectivity index (χ3n) is 4.80. The van der Waals surface area contributed by atoms with Crippen LogP contribution in [-0.4, -0.2) is 5.16 Å². The standard InChI is InChI=1S/C24H16INO2/c25-17-9-11-18(12-10-17)27-15-19-14-24(26-28-19)23-13-16-5-1-2-6-20(16)21-7-3-4-8-22(21)23/h1-14H,15H2. The third-order valence-corrected chi connectivity index (χ3v) is 5.52. The molecule has 0 bridgehead atoms. The van der Waals surface area contributed by atoms with E-state index in [1.165, 1.54) is 25.1 Å². The first-order chi connectivity index (χ1) is 13.8. The van der Waals surface area contributed by atoms with Gasteiger partial charge >= 0.3 is 0 Å². The Kier molecular flexibility index (Phi) is 4.49. The number of hydrogen-bond donors (Lipinski definition) is 0. The van der Waals surface area contributed by atoms with Crippen molar-refractivity contribution in [2.45, 2.75) is 6.61 Å². The van der Waals surface area contributed by atoms with Gasteiger partial charge < -0.3 is 9.26 Å². The van der Waals surface area contributed by atoms with E-state index in [9.17, 15) is 0 Å². The van der Waals surface area contributed by atoms with Crippen molar-refractivity contribution in [3.05, 3.63) is 94.3 Å². The molecule has 28 heavy (non-hydrogen) atoms. The maximum Gasteiger partial charge on any atom is 0.174 e. The summed E-state index contributed by atoms with van der Waals surface area (Å²) in [7, 11) is 0. The number of fused-ring (bicyclic) bond motifs is 3. The maximum atomic E-state index is 5.82. The highest BCUT2D eigenvalue weighted by molar-refractivity contribution is 14.1. The van der Waals surface area contributed by atoms with Crippen LogP contribution in [0.5, 0.6) is 5.75 Å². The van der Waals surface area contributed by atoms with E-state index >= 15 is 0 Å². The SMILES string of the molecule is Ic1ccc(OCc2cc(-c3cc4ccccc4c4ccccc34)no2)cc1. The molecule has 4 aromatic carbocycles.